The van der Waals surface area contributed by atoms with Crippen LogP contribution in [0.5, 0.6) is 0 Å². The molecule has 0 amide bonds. The highest BCUT2D eigenvalue weighted by Gasteiger charge is 2.04. The van der Waals surface area contributed by atoms with Crippen LogP contribution in [0.1, 0.15) is 44.5 Å². The van der Waals surface area contributed by atoms with Gasteiger partial charge >= 0.3 is 0 Å². The van der Waals surface area contributed by atoms with Gasteiger partial charge in [-0.1, -0.05) is 19.0 Å². The summed E-state index contributed by atoms with van der Waals surface area (Å²) in [5, 5.41) is 15.9. The standard InChI is InChI=1S/C12H22N4O/c1-3-10-9-11(4-2)16(14-10)8-6-5-7-12(13)15-17/h9,17H,3-8H2,1-2H3,(H2,13,15). The fourth-order valence-electron chi connectivity index (χ4n) is 1.78. The second kappa shape index (κ2) is 6.93. The monoisotopic (exact) mass is 238 g/mol. The Labute approximate surface area is 102 Å². The second-order valence-electron chi connectivity index (χ2n) is 4.11. The first-order valence-corrected chi connectivity index (χ1v) is 6.23. The molecule has 17 heavy (non-hydrogen) atoms. The van der Waals surface area contributed by atoms with E-state index in [2.05, 4.69) is 34.9 Å². The Morgan fingerprint density at radius 3 is 2.76 bits per heavy atom. The third-order valence-electron chi connectivity index (χ3n) is 2.82. The Hall–Kier alpha value is -1.52. The van der Waals surface area contributed by atoms with Crippen molar-refractivity contribution in [3.8, 4) is 0 Å². The van der Waals surface area contributed by atoms with Gasteiger partial charge in [-0.2, -0.15) is 5.10 Å². The van der Waals surface area contributed by atoms with E-state index in [0.717, 1.165) is 37.9 Å². The van der Waals surface area contributed by atoms with E-state index >= 15 is 0 Å². The smallest absolute Gasteiger partial charge is 0.139 e. The van der Waals surface area contributed by atoms with E-state index in [-0.39, 0.29) is 0 Å². The molecule has 5 nitrogen and oxygen atoms in total. The van der Waals surface area contributed by atoms with Crippen molar-refractivity contribution in [3.05, 3.63) is 17.5 Å². The maximum Gasteiger partial charge on any atom is 0.139 e. The third kappa shape index (κ3) is 4.09. The minimum Gasteiger partial charge on any atom is -0.409 e. The molecule has 1 rings (SSSR count). The van der Waals surface area contributed by atoms with Crippen LogP contribution >= 0.6 is 0 Å². The van der Waals surface area contributed by atoms with E-state index in [1.807, 2.05) is 0 Å². The molecule has 0 aliphatic carbocycles. The molecule has 3 N–H and O–H groups in total. The van der Waals surface area contributed by atoms with Gasteiger partial charge in [-0.3, -0.25) is 4.68 Å². The minimum absolute atomic E-state index is 0.301. The van der Waals surface area contributed by atoms with Gasteiger partial charge in [-0.05, 0) is 31.7 Å². The van der Waals surface area contributed by atoms with Crippen molar-refractivity contribution in [1.29, 1.82) is 0 Å². The molecule has 0 radical (unpaired) electrons. The SMILES string of the molecule is CCc1cc(CC)n(CCCC/C(N)=N/O)n1. The van der Waals surface area contributed by atoms with Crippen LogP contribution in [0.2, 0.25) is 0 Å². The zero-order chi connectivity index (χ0) is 12.7. The molecule has 0 bridgehead atoms. The normalized spacial score (nSPS) is 12.0. The van der Waals surface area contributed by atoms with Gasteiger partial charge in [0.1, 0.15) is 5.84 Å². The number of nitrogens with zero attached hydrogens (tertiary/aromatic N) is 3. The number of hydrogen-bond acceptors (Lipinski definition) is 3. The first-order chi connectivity index (χ1) is 8.21. The number of unbranched alkanes of at least 4 members (excludes halogenated alkanes) is 1. The Balaban J connectivity index is 2.43. The lowest BCUT2D eigenvalue weighted by Crippen LogP contribution is -2.12. The van der Waals surface area contributed by atoms with E-state index in [0.29, 0.717) is 12.3 Å². The fourth-order valence-corrected chi connectivity index (χ4v) is 1.78. The summed E-state index contributed by atoms with van der Waals surface area (Å²) in [4.78, 5) is 0. The summed E-state index contributed by atoms with van der Waals surface area (Å²) < 4.78 is 2.07. The largest absolute Gasteiger partial charge is 0.409 e. The zero-order valence-corrected chi connectivity index (χ0v) is 10.7. The molecule has 1 aromatic rings. The summed E-state index contributed by atoms with van der Waals surface area (Å²) >= 11 is 0. The maximum absolute atomic E-state index is 8.41. The maximum atomic E-state index is 8.41. The van der Waals surface area contributed by atoms with Crippen LogP contribution < -0.4 is 5.73 Å². The molecular formula is C12H22N4O. The molecule has 1 aromatic heterocycles. The molecule has 0 aromatic carbocycles. The van der Waals surface area contributed by atoms with E-state index in [4.69, 9.17) is 10.9 Å². The summed E-state index contributed by atoms with van der Waals surface area (Å²) in [6.45, 7) is 5.16. The highest BCUT2D eigenvalue weighted by atomic mass is 16.4. The van der Waals surface area contributed by atoms with Crippen molar-refractivity contribution in [1.82, 2.24) is 9.78 Å². The second-order valence-corrected chi connectivity index (χ2v) is 4.11. The first kappa shape index (κ1) is 13.5. The molecule has 96 valence electrons. The number of amidine groups is 1. The van der Waals surface area contributed by atoms with E-state index in [1.165, 1.54) is 5.69 Å². The average Bonchev–Trinajstić information content (AvgIpc) is 2.76. The molecule has 0 atom stereocenters. The lowest BCUT2D eigenvalue weighted by atomic mass is 10.2. The van der Waals surface area contributed by atoms with Crippen molar-refractivity contribution in [3.63, 3.8) is 0 Å². The summed E-state index contributed by atoms with van der Waals surface area (Å²) in [7, 11) is 0. The van der Waals surface area contributed by atoms with Gasteiger partial charge < -0.3 is 10.9 Å². The quantitative estimate of drug-likeness (QED) is 0.250. The third-order valence-corrected chi connectivity index (χ3v) is 2.82. The van der Waals surface area contributed by atoms with Crippen LogP contribution in [-0.2, 0) is 19.4 Å². The van der Waals surface area contributed by atoms with Crippen LogP contribution in [0.3, 0.4) is 0 Å². The topological polar surface area (TPSA) is 76.4 Å². The fraction of sp³-hybridized carbons (Fsp3) is 0.667. The number of hydrogen-bond donors (Lipinski definition) is 2. The molecule has 1 heterocycles. The van der Waals surface area contributed by atoms with Gasteiger partial charge in [0.05, 0.1) is 5.69 Å². The van der Waals surface area contributed by atoms with Crippen molar-refractivity contribution >= 4 is 5.84 Å². The molecule has 0 spiro atoms. The summed E-state index contributed by atoms with van der Waals surface area (Å²) in [5.74, 6) is 0.301. The van der Waals surface area contributed by atoms with E-state index < -0.39 is 0 Å². The van der Waals surface area contributed by atoms with Crippen molar-refractivity contribution in [2.45, 2.75) is 52.5 Å². The molecule has 5 heteroatoms. The highest BCUT2D eigenvalue weighted by molar-refractivity contribution is 5.79. The lowest BCUT2D eigenvalue weighted by Gasteiger charge is -2.05. The van der Waals surface area contributed by atoms with Crippen LogP contribution in [0, 0.1) is 0 Å². The van der Waals surface area contributed by atoms with E-state index in [1.54, 1.807) is 0 Å². The van der Waals surface area contributed by atoms with Crippen molar-refractivity contribution in [2.75, 3.05) is 0 Å². The number of aromatic nitrogens is 2. The minimum atomic E-state index is 0.301. The molecule has 0 aliphatic heterocycles. The van der Waals surface area contributed by atoms with Gasteiger partial charge in [0, 0.05) is 18.7 Å². The highest BCUT2D eigenvalue weighted by Crippen LogP contribution is 2.08. The van der Waals surface area contributed by atoms with E-state index in [9.17, 15) is 0 Å². The summed E-state index contributed by atoms with van der Waals surface area (Å²) in [6, 6.07) is 2.17. The van der Waals surface area contributed by atoms with Crippen LogP contribution in [0.25, 0.3) is 0 Å². The van der Waals surface area contributed by atoms with Gasteiger partial charge in [-0.15, -0.1) is 0 Å². The Kier molecular flexibility index (Phi) is 5.52. The molecule has 0 saturated heterocycles. The molecule has 0 aliphatic rings. The molecular weight excluding hydrogens is 216 g/mol. The number of aryl methyl sites for hydroxylation is 3. The van der Waals surface area contributed by atoms with Gasteiger partial charge in [0.15, 0.2) is 0 Å². The number of nitrogens with two attached hydrogens (primary N) is 1. The average molecular weight is 238 g/mol. The van der Waals surface area contributed by atoms with Gasteiger partial charge in [-0.25, -0.2) is 0 Å². The summed E-state index contributed by atoms with van der Waals surface area (Å²) in [6.07, 6.45) is 4.53. The Bertz CT molecular complexity index is 371. The first-order valence-electron chi connectivity index (χ1n) is 6.23. The molecule has 0 saturated carbocycles. The van der Waals surface area contributed by atoms with Crippen LogP contribution in [0.15, 0.2) is 11.2 Å². The lowest BCUT2D eigenvalue weighted by molar-refractivity contribution is 0.316. The molecule has 0 fully saturated rings. The van der Waals surface area contributed by atoms with Gasteiger partial charge in [0.25, 0.3) is 0 Å². The number of oxime groups is 1. The van der Waals surface area contributed by atoms with Crippen molar-refractivity contribution < 1.29 is 5.21 Å². The molecule has 0 unspecified atom stereocenters. The predicted molar refractivity (Wildman–Crippen MR) is 68.2 cm³/mol. The van der Waals surface area contributed by atoms with Crippen molar-refractivity contribution in [2.24, 2.45) is 10.9 Å². The predicted octanol–water partition coefficient (Wildman–Crippen LogP) is 1.92. The van der Waals surface area contributed by atoms with Gasteiger partial charge in [0.2, 0.25) is 0 Å². The Morgan fingerprint density at radius 1 is 1.41 bits per heavy atom. The Morgan fingerprint density at radius 2 is 2.18 bits per heavy atom. The van der Waals surface area contributed by atoms with Crippen LogP contribution in [-0.4, -0.2) is 20.8 Å². The zero-order valence-electron chi connectivity index (χ0n) is 10.7. The number of rotatable bonds is 7. The summed E-state index contributed by atoms with van der Waals surface area (Å²) in [5.41, 5.74) is 7.85. The van der Waals surface area contributed by atoms with Crippen LogP contribution in [0.4, 0.5) is 0 Å².